The van der Waals surface area contributed by atoms with E-state index in [-0.39, 0.29) is 0 Å². The lowest BCUT2D eigenvalue weighted by Gasteiger charge is -2.04. The van der Waals surface area contributed by atoms with E-state index in [0.29, 0.717) is 0 Å². The molecule has 0 aromatic heterocycles. The highest BCUT2D eigenvalue weighted by atomic mass is 16.7. The van der Waals surface area contributed by atoms with Crippen molar-refractivity contribution < 1.29 is 4.74 Å². The zero-order valence-corrected chi connectivity index (χ0v) is 5.55. The van der Waals surface area contributed by atoms with Crippen LogP contribution >= 0.6 is 0 Å². The second-order valence-electron chi connectivity index (χ2n) is 2.53. The summed E-state index contributed by atoms with van der Waals surface area (Å²) < 4.78 is 4.87. The molecule has 0 aliphatic carbocycles. The third-order valence-electron chi connectivity index (χ3n) is 1.59. The molecule has 1 unspecified atom stereocenters. The van der Waals surface area contributed by atoms with Gasteiger partial charge in [-0.05, 0) is 6.42 Å². The molecule has 0 bridgehead atoms. The topological polar surface area (TPSA) is 90.6 Å². The molecule has 0 spiro atoms. The van der Waals surface area contributed by atoms with Crippen molar-refractivity contribution in [2.24, 2.45) is 17.2 Å². The molecule has 6 N–H and O–H groups in total. The van der Waals surface area contributed by atoms with E-state index in [9.17, 15) is 0 Å². The molecule has 0 amide bonds. The van der Waals surface area contributed by atoms with E-state index in [1.54, 1.807) is 0 Å². The van der Waals surface area contributed by atoms with Crippen molar-refractivity contribution in [3.8, 4) is 0 Å². The van der Waals surface area contributed by atoms with Gasteiger partial charge in [-0.2, -0.15) is 0 Å². The normalized spacial score (nSPS) is 38.7. The molecule has 1 fully saturated rings. The Bertz CT molecular complexity index is 125. The van der Waals surface area contributed by atoms with E-state index in [0.717, 1.165) is 12.8 Å². The van der Waals surface area contributed by atoms with Crippen LogP contribution in [0.15, 0.2) is 0 Å². The van der Waals surface area contributed by atoms with Gasteiger partial charge in [0.1, 0.15) is 0 Å². The van der Waals surface area contributed by atoms with E-state index in [4.69, 9.17) is 21.9 Å². The number of rotatable bonds is 2. The number of hydrogen-bond acceptors (Lipinski definition) is 4. The van der Waals surface area contributed by atoms with Gasteiger partial charge in [-0.3, -0.25) is 17.2 Å². The van der Waals surface area contributed by atoms with E-state index in [2.05, 4.69) is 0 Å². The van der Waals surface area contributed by atoms with Gasteiger partial charge < -0.3 is 4.74 Å². The predicted molar refractivity (Wildman–Crippen MR) is 34.0 cm³/mol. The third-order valence-corrected chi connectivity index (χ3v) is 1.59. The molecule has 1 aliphatic rings. The van der Waals surface area contributed by atoms with Crippen molar-refractivity contribution >= 4 is 0 Å². The molecule has 1 heterocycles. The molecule has 1 aliphatic heterocycles. The van der Waals surface area contributed by atoms with Gasteiger partial charge in [0.25, 0.3) is 0 Å². The van der Waals surface area contributed by atoms with Crippen molar-refractivity contribution in [1.82, 2.24) is 0 Å². The van der Waals surface area contributed by atoms with Crippen LogP contribution in [0.1, 0.15) is 19.8 Å². The van der Waals surface area contributed by atoms with Gasteiger partial charge in [-0.1, -0.05) is 13.3 Å². The van der Waals surface area contributed by atoms with Gasteiger partial charge in [-0.15, -0.1) is 0 Å². The lowest BCUT2D eigenvalue weighted by molar-refractivity contribution is 0.260. The van der Waals surface area contributed by atoms with Crippen LogP contribution in [0.3, 0.4) is 0 Å². The summed E-state index contributed by atoms with van der Waals surface area (Å²) in [6, 6.07) is 0. The fourth-order valence-electron chi connectivity index (χ4n) is 0.894. The Labute approximate surface area is 54.3 Å². The largest absolute Gasteiger partial charge is 0.317 e. The van der Waals surface area contributed by atoms with Crippen LogP contribution in [-0.4, -0.2) is 11.6 Å². The van der Waals surface area contributed by atoms with Crippen LogP contribution in [0.25, 0.3) is 0 Å². The standard InChI is InChI=1S/C5H13N3O/c1-2-3-4(6)5(7,8)9-4/h2-3,6-8H2,1H3. The molecular formula is C5H13N3O. The highest BCUT2D eigenvalue weighted by Crippen LogP contribution is 2.37. The van der Waals surface area contributed by atoms with Crippen molar-refractivity contribution in [3.63, 3.8) is 0 Å². The van der Waals surface area contributed by atoms with Crippen LogP contribution in [0.4, 0.5) is 0 Å². The second-order valence-corrected chi connectivity index (χ2v) is 2.53. The summed E-state index contributed by atoms with van der Waals surface area (Å²) in [7, 11) is 0. The van der Waals surface area contributed by atoms with E-state index >= 15 is 0 Å². The SMILES string of the molecule is CCCC1(N)OC1(N)N. The van der Waals surface area contributed by atoms with Gasteiger partial charge in [-0.25, -0.2) is 0 Å². The Morgan fingerprint density at radius 1 is 1.33 bits per heavy atom. The van der Waals surface area contributed by atoms with Gasteiger partial charge in [0.2, 0.25) is 5.85 Å². The number of epoxide rings is 1. The number of ether oxygens (including phenoxy) is 1. The molecule has 1 saturated heterocycles. The Hall–Kier alpha value is -0.160. The lowest BCUT2D eigenvalue weighted by atomic mass is 10.1. The first-order valence-corrected chi connectivity index (χ1v) is 3.08. The molecular weight excluding hydrogens is 118 g/mol. The van der Waals surface area contributed by atoms with Gasteiger partial charge in [0, 0.05) is 0 Å². The molecule has 9 heavy (non-hydrogen) atoms. The maximum Gasteiger partial charge on any atom is 0.215 e. The minimum absolute atomic E-state index is 0.722. The molecule has 0 aromatic rings. The molecule has 1 atom stereocenters. The van der Waals surface area contributed by atoms with Crippen LogP contribution in [0.5, 0.6) is 0 Å². The maximum absolute atomic E-state index is 5.56. The Morgan fingerprint density at radius 2 is 1.78 bits per heavy atom. The first-order chi connectivity index (χ1) is 4.02. The second kappa shape index (κ2) is 1.67. The van der Waals surface area contributed by atoms with Crippen LogP contribution in [0.2, 0.25) is 0 Å². The molecule has 54 valence electrons. The van der Waals surface area contributed by atoms with Crippen LogP contribution in [0, 0.1) is 0 Å². The van der Waals surface area contributed by atoms with Crippen LogP contribution in [-0.2, 0) is 4.74 Å². The Morgan fingerprint density at radius 3 is 1.89 bits per heavy atom. The number of hydrogen-bond donors (Lipinski definition) is 3. The van der Waals surface area contributed by atoms with Gasteiger partial charge >= 0.3 is 0 Å². The average molecular weight is 131 g/mol. The van der Waals surface area contributed by atoms with E-state index < -0.39 is 11.6 Å². The van der Waals surface area contributed by atoms with Crippen molar-refractivity contribution in [3.05, 3.63) is 0 Å². The van der Waals surface area contributed by atoms with E-state index in [1.165, 1.54) is 0 Å². The highest BCUT2D eigenvalue weighted by molar-refractivity contribution is 5.03. The van der Waals surface area contributed by atoms with Crippen molar-refractivity contribution in [2.45, 2.75) is 31.3 Å². The molecule has 4 nitrogen and oxygen atoms in total. The zero-order valence-electron chi connectivity index (χ0n) is 5.55. The van der Waals surface area contributed by atoms with Gasteiger partial charge in [0.15, 0.2) is 5.72 Å². The van der Waals surface area contributed by atoms with Crippen molar-refractivity contribution in [2.75, 3.05) is 0 Å². The highest BCUT2D eigenvalue weighted by Gasteiger charge is 2.62. The zero-order chi connectivity index (χ0) is 7.12. The monoisotopic (exact) mass is 131 g/mol. The summed E-state index contributed by atoms with van der Waals surface area (Å²) >= 11 is 0. The fourth-order valence-corrected chi connectivity index (χ4v) is 0.894. The molecule has 0 saturated carbocycles. The molecule has 1 rings (SSSR count). The minimum atomic E-state index is -1.07. The average Bonchev–Trinajstić information content (AvgIpc) is 2.07. The Kier molecular flexibility index (Phi) is 1.29. The quantitative estimate of drug-likeness (QED) is 0.332. The Balaban J connectivity index is 2.42. The summed E-state index contributed by atoms with van der Waals surface area (Å²) in [5, 5.41) is 0. The molecule has 4 heteroatoms. The molecule has 0 radical (unpaired) electrons. The minimum Gasteiger partial charge on any atom is -0.317 e. The maximum atomic E-state index is 5.56. The number of nitrogens with two attached hydrogens (primary N) is 3. The smallest absolute Gasteiger partial charge is 0.215 e. The van der Waals surface area contributed by atoms with Crippen molar-refractivity contribution in [1.29, 1.82) is 0 Å². The lowest BCUT2D eigenvalue weighted by Crippen LogP contribution is -2.47. The summed E-state index contributed by atoms with van der Waals surface area (Å²) in [6.45, 7) is 2.01. The predicted octanol–water partition coefficient (Wildman–Crippen LogP) is -0.957. The third kappa shape index (κ3) is 0.943. The fraction of sp³-hybridized carbons (Fsp3) is 1.00. The summed E-state index contributed by atoms with van der Waals surface area (Å²) in [4.78, 5) is 0. The van der Waals surface area contributed by atoms with Gasteiger partial charge in [0.05, 0.1) is 0 Å². The summed E-state index contributed by atoms with van der Waals surface area (Å²) in [5.74, 6) is -1.07. The van der Waals surface area contributed by atoms with E-state index in [1.807, 2.05) is 6.92 Å². The summed E-state index contributed by atoms with van der Waals surface area (Å²) in [6.07, 6.45) is 1.66. The molecule has 0 aromatic carbocycles. The first kappa shape index (κ1) is 6.95. The van der Waals surface area contributed by atoms with Crippen LogP contribution < -0.4 is 17.2 Å². The summed E-state index contributed by atoms with van der Waals surface area (Å²) in [5.41, 5.74) is 15.5. The first-order valence-electron chi connectivity index (χ1n) is 3.08.